The molecule has 2 aliphatic heterocycles. The number of ether oxygens (including phenoxy) is 2. The smallest absolute Gasteiger partial charge is 0.321 e. The van der Waals surface area contributed by atoms with Crippen LogP contribution in [0.15, 0.2) is 53.0 Å². The van der Waals surface area contributed by atoms with Gasteiger partial charge in [-0.15, -0.1) is 0 Å². The van der Waals surface area contributed by atoms with E-state index in [-0.39, 0.29) is 42.7 Å². The van der Waals surface area contributed by atoms with Crippen LogP contribution in [-0.2, 0) is 9.53 Å². The number of hydrogen-bond acceptors (Lipinski definition) is 6. The van der Waals surface area contributed by atoms with Crippen molar-refractivity contribution >= 4 is 33.6 Å². The summed E-state index contributed by atoms with van der Waals surface area (Å²) in [6.07, 6.45) is 0.177. The van der Waals surface area contributed by atoms with Gasteiger partial charge in [-0.05, 0) is 42.0 Å². The van der Waals surface area contributed by atoms with E-state index in [4.69, 9.17) is 9.47 Å². The Bertz CT molecular complexity index is 1000. The van der Waals surface area contributed by atoms with Crippen molar-refractivity contribution in [2.75, 3.05) is 38.7 Å². The van der Waals surface area contributed by atoms with Crippen molar-refractivity contribution < 1.29 is 24.2 Å². The number of nitrogens with one attached hydrogen (secondary N) is 1. The van der Waals surface area contributed by atoms with Crippen LogP contribution in [0.25, 0.3) is 0 Å². The Morgan fingerprint density at radius 2 is 1.82 bits per heavy atom. The molecule has 4 rings (SSSR count). The molecule has 2 amide bonds. The molecule has 2 aromatic carbocycles. The van der Waals surface area contributed by atoms with Gasteiger partial charge in [0.25, 0.3) is 0 Å². The van der Waals surface area contributed by atoms with Gasteiger partial charge in [0.1, 0.15) is 11.9 Å². The zero-order chi connectivity index (χ0) is 24.2. The van der Waals surface area contributed by atoms with Crippen molar-refractivity contribution in [3.05, 3.63) is 58.6 Å². The largest absolute Gasteiger partial charge is 0.497 e. The van der Waals surface area contributed by atoms with Crippen LogP contribution in [-0.4, -0.2) is 78.4 Å². The van der Waals surface area contributed by atoms with E-state index < -0.39 is 0 Å². The molecule has 8 nitrogen and oxygen atoms in total. The highest BCUT2D eigenvalue weighted by Gasteiger charge is 2.51. The minimum atomic E-state index is -0.350. The van der Waals surface area contributed by atoms with E-state index in [1.807, 2.05) is 12.1 Å². The predicted octanol–water partition coefficient (Wildman–Crippen LogP) is 3.46. The molecular weight excluding hydrogens is 502 g/mol. The summed E-state index contributed by atoms with van der Waals surface area (Å²) in [5.41, 5.74) is 1.79. The number of aliphatic hydroxyl groups is 1. The first-order valence-electron chi connectivity index (χ1n) is 11.4. The number of halogens is 1. The summed E-state index contributed by atoms with van der Waals surface area (Å²) in [4.78, 5) is 28.9. The van der Waals surface area contributed by atoms with Crippen LogP contribution < -0.4 is 10.1 Å². The maximum absolute atomic E-state index is 13.2. The third-order valence-corrected chi connectivity index (χ3v) is 7.16. The molecule has 4 atom stereocenters. The summed E-state index contributed by atoms with van der Waals surface area (Å²) in [6.45, 7) is 2.89. The van der Waals surface area contributed by atoms with Crippen LogP contribution >= 0.6 is 15.9 Å². The minimum absolute atomic E-state index is 0.00157. The standard InChI is InChI=1S/C25H30BrN3O5/c1-16(31)34-21-11-12-28(25(32)27-19-7-9-20(33-2)10-8-19)14-22-24(23(15-30)29(22)13-21)17-3-5-18(26)6-4-17/h3-10,21-24,30H,11-15H2,1-2H3,(H,27,32)/t21-,22-,23+,24+/m0/s1. The van der Waals surface area contributed by atoms with Gasteiger partial charge < -0.3 is 24.8 Å². The normalized spacial score (nSPS) is 24.8. The molecule has 0 radical (unpaired) electrons. The molecule has 2 fully saturated rings. The van der Waals surface area contributed by atoms with Gasteiger partial charge in [-0.3, -0.25) is 9.69 Å². The summed E-state index contributed by atoms with van der Waals surface area (Å²) in [5.74, 6) is 0.429. The molecule has 2 saturated heterocycles. The van der Waals surface area contributed by atoms with Crippen molar-refractivity contribution in [1.82, 2.24) is 9.80 Å². The Hall–Kier alpha value is -2.62. The van der Waals surface area contributed by atoms with Crippen molar-refractivity contribution in [3.8, 4) is 5.75 Å². The fourth-order valence-corrected chi connectivity index (χ4v) is 5.25. The average Bonchev–Trinajstić information content (AvgIpc) is 2.81. The highest BCUT2D eigenvalue weighted by molar-refractivity contribution is 9.10. The quantitative estimate of drug-likeness (QED) is 0.574. The minimum Gasteiger partial charge on any atom is -0.497 e. The molecule has 182 valence electrons. The molecule has 0 saturated carbocycles. The first-order valence-corrected chi connectivity index (χ1v) is 12.2. The van der Waals surface area contributed by atoms with E-state index in [0.29, 0.717) is 37.5 Å². The second-order valence-corrected chi connectivity index (χ2v) is 9.63. The first kappa shape index (κ1) is 24.5. The molecule has 34 heavy (non-hydrogen) atoms. The van der Waals surface area contributed by atoms with Crippen molar-refractivity contribution in [1.29, 1.82) is 0 Å². The van der Waals surface area contributed by atoms with E-state index in [9.17, 15) is 14.7 Å². The van der Waals surface area contributed by atoms with Crippen molar-refractivity contribution in [2.45, 2.75) is 37.5 Å². The number of esters is 1. The number of aliphatic hydroxyl groups excluding tert-OH is 1. The predicted molar refractivity (Wildman–Crippen MR) is 132 cm³/mol. The van der Waals surface area contributed by atoms with Gasteiger partial charge >= 0.3 is 12.0 Å². The van der Waals surface area contributed by atoms with Crippen LogP contribution in [0.1, 0.15) is 24.8 Å². The Morgan fingerprint density at radius 1 is 1.12 bits per heavy atom. The third-order valence-electron chi connectivity index (χ3n) is 6.63. The van der Waals surface area contributed by atoms with Gasteiger partial charge in [-0.25, -0.2) is 4.79 Å². The Kier molecular flexibility index (Phi) is 7.75. The van der Waals surface area contributed by atoms with Gasteiger partial charge in [0.2, 0.25) is 0 Å². The molecule has 2 N–H and O–H groups in total. The lowest BCUT2D eigenvalue weighted by molar-refractivity contribution is -0.153. The number of anilines is 1. The number of methoxy groups -OCH3 is 1. The fourth-order valence-electron chi connectivity index (χ4n) is 4.99. The molecule has 0 aromatic heterocycles. The molecule has 9 heteroatoms. The van der Waals surface area contributed by atoms with E-state index in [0.717, 1.165) is 10.0 Å². The van der Waals surface area contributed by atoms with Crippen LogP contribution in [0, 0.1) is 0 Å². The first-order chi connectivity index (χ1) is 16.4. The number of amides is 2. The molecular formula is C25H30BrN3O5. The molecule has 0 bridgehead atoms. The summed E-state index contributed by atoms with van der Waals surface area (Å²) in [5, 5.41) is 13.2. The molecule has 0 unspecified atom stereocenters. The molecule has 0 spiro atoms. The van der Waals surface area contributed by atoms with Gasteiger partial charge in [0, 0.05) is 61.1 Å². The number of rotatable bonds is 5. The number of fused-ring (bicyclic) bond motifs is 1. The van der Waals surface area contributed by atoms with Crippen molar-refractivity contribution in [3.63, 3.8) is 0 Å². The SMILES string of the molecule is COc1ccc(NC(=O)N2CC[C@H](OC(C)=O)CN3[C@H](CO)[C@H](c4ccc(Br)cc4)[C@@H]3C2)cc1. The number of nitrogens with zero attached hydrogens (tertiary/aromatic N) is 2. The van der Waals surface area contributed by atoms with E-state index >= 15 is 0 Å². The Balaban J connectivity index is 1.56. The lowest BCUT2D eigenvalue weighted by atomic mass is 9.74. The molecule has 2 aliphatic rings. The van der Waals surface area contributed by atoms with E-state index in [1.165, 1.54) is 6.92 Å². The third kappa shape index (κ3) is 5.37. The summed E-state index contributed by atoms with van der Waals surface area (Å²) < 4.78 is 11.7. The number of urea groups is 1. The fraction of sp³-hybridized carbons (Fsp3) is 0.440. The second kappa shape index (κ2) is 10.8. The molecule has 2 heterocycles. The van der Waals surface area contributed by atoms with Crippen LogP contribution in [0.2, 0.25) is 0 Å². The Morgan fingerprint density at radius 3 is 2.44 bits per heavy atom. The number of carbonyl (C=O) groups is 2. The van der Waals surface area contributed by atoms with Crippen LogP contribution in [0.5, 0.6) is 5.75 Å². The topological polar surface area (TPSA) is 91.3 Å². The highest BCUT2D eigenvalue weighted by Crippen LogP contribution is 2.42. The number of benzene rings is 2. The maximum Gasteiger partial charge on any atom is 0.321 e. The maximum atomic E-state index is 13.2. The monoisotopic (exact) mass is 531 g/mol. The van der Waals surface area contributed by atoms with Gasteiger partial charge in [-0.2, -0.15) is 0 Å². The van der Waals surface area contributed by atoms with Crippen LogP contribution in [0.4, 0.5) is 10.5 Å². The average molecular weight is 532 g/mol. The molecule has 0 aliphatic carbocycles. The zero-order valence-corrected chi connectivity index (χ0v) is 20.9. The lowest BCUT2D eigenvalue weighted by Gasteiger charge is -2.57. The van der Waals surface area contributed by atoms with Gasteiger partial charge in [0.15, 0.2) is 0 Å². The Labute approximate surface area is 208 Å². The van der Waals surface area contributed by atoms with Gasteiger partial charge in [-0.1, -0.05) is 28.1 Å². The number of carbonyl (C=O) groups excluding carboxylic acids is 2. The molecule has 2 aromatic rings. The second-order valence-electron chi connectivity index (χ2n) is 8.72. The van der Waals surface area contributed by atoms with E-state index in [2.05, 4.69) is 38.3 Å². The summed E-state index contributed by atoms with van der Waals surface area (Å²) in [6, 6.07) is 15.0. The zero-order valence-electron chi connectivity index (χ0n) is 19.3. The highest BCUT2D eigenvalue weighted by atomic mass is 79.9. The van der Waals surface area contributed by atoms with Crippen molar-refractivity contribution in [2.24, 2.45) is 0 Å². The number of hydrogen-bond donors (Lipinski definition) is 2. The summed E-state index contributed by atoms with van der Waals surface area (Å²) >= 11 is 3.48. The van der Waals surface area contributed by atoms with Gasteiger partial charge in [0.05, 0.1) is 13.7 Å². The van der Waals surface area contributed by atoms with E-state index in [1.54, 1.807) is 36.3 Å². The van der Waals surface area contributed by atoms with Crippen LogP contribution in [0.3, 0.4) is 0 Å². The lowest BCUT2D eigenvalue weighted by Crippen LogP contribution is -2.69. The summed E-state index contributed by atoms with van der Waals surface area (Å²) in [7, 11) is 1.60.